The first-order valence-corrected chi connectivity index (χ1v) is 12.5. The Labute approximate surface area is 226 Å². The molecule has 0 saturated carbocycles. The van der Waals surface area contributed by atoms with Gasteiger partial charge >= 0.3 is 12.4 Å². The highest BCUT2D eigenvalue weighted by atomic mass is 32.2. The normalized spacial score (nSPS) is 11.9. The zero-order valence-corrected chi connectivity index (χ0v) is 21.1. The highest BCUT2D eigenvalue weighted by molar-refractivity contribution is 7.98. The van der Waals surface area contributed by atoms with E-state index in [1.165, 1.54) is 48.7 Å². The minimum absolute atomic E-state index is 0.0189. The first-order valence-electron chi connectivity index (χ1n) is 11.3. The van der Waals surface area contributed by atoms with Crippen LogP contribution in [0.25, 0.3) is 22.4 Å². The lowest BCUT2D eigenvalue weighted by atomic mass is 9.98. The van der Waals surface area contributed by atoms with Crippen molar-refractivity contribution in [1.82, 2.24) is 4.57 Å². The second-order valence-electron chi connectivity index (χ2n) is 8.55. The van der Waals surface area contributed by atoms with Crippen molar-refractivity contribution >= 4 is 11.8 Å². The van der Waals surface area contributed by atoms with Crippen LogP contribution in [0.3, 0.4) is 0 Å². The molecule has 12 heteroatoms. The summed E-state index contributed by atoms with van der Waals surface area (Å²) in [5.74, 6) is -1.99. The smallest absolute Gasteiger partial charge is 0.303 e. The topological polar surface area (TPSA) is 45.8 Å². The molecule has 0 unspecified atom stereocenters. The summed E-state index contributed by atoms with van der Waals surface area (Å²) in [5.41, 5.74) is -5.36. The molecule has 0 aliphatic rings. The summed E-state index contributed by atoms with van der Waals surface area (Å²) in [6.07, 6.45) is -8.29. The number of hydrogen-bond acceptors (Lipinski definition) is 3. The Bertz CT molecular complexity index is 1700. The number of nitriles is 1. The third kappa shape index (κ3) is 5.74. The molecule has 0 atom stereocenters. The number of rotatable bonds is 5. The van der Waals surface area contributed by atoms with Gasteiger partial charge in [0.05, 0.1) is 23.4 Å². The quantitative estimate of drug-likeness (QED) is 0.177. The van der Waals surface area contributed by atoms with Gasteiger partial charge < -0.3 is 4.57 Å². The van der Waals surface area contributed by atoms with E-state index in [1.807, 2.05) is 0 Å². The van der Waals surface area contributed by atoms with Gasteiger partial charge in [-0.3, -0.25) is 4.79 Å². The maximum Gasteiger partial charge on any atom is 0.417 e. The van der Waals surface area contributed by atoms with Crippen LogP contribution in [0, 0.1) is 23.0 Å². The molecule has 0 fully saturated rings. The number of alkyl halides is 6. The number of pyridine rings is 1. The van der Waals surface area contributed by atoms with Gasteiger partial charge in [0.15, 0.2) is 0 Å². The second-order valence-corrected chi connectivity index (χ2v) is 9.40. The van der Waals surface area contributed by atoms with Crippen molar-refractivity contribution in [2.45, 2.75) is 23.8 Å². The van der Waals surface area contributed by atoms with Crippen molar-refractivity contribution in [2.75, 3.05) is 6.26 Å². The summed E-state index contributed by atoms with van der Waals surface area (Å²) in [4.78, 5) is 13.1. The molecule has 3 nitrogen and oxygen atoms in total. The summed E-state index contributed by atoms with van der Waals surface area (Å²) in [5, 5.41) is 9.35. The Morgan fingerprint density at radius 2 is 1.48 bits per heavy atom. The van der Waals surface area contributed by atoms with Crippen LogP contribution in [-0.2, 0) is 18.9 Å². The van der Waals surface area contributed by atoms with Gasteiger partial charge in [-0.1, -0.05) is 30.3 Å². The van der Waals surface area contributed by atoms with E-state index < -0.39 is 52.8 Å². The SMILES string of the molecule is CSc1ccc(-c2cccc(-c3cc(C(F)(F)F)c(C#N)c(=O)n3Cc3ccc(F)cc3F)c2)cc1C(F)(F)F. The molecule has 0 N–H and O–H groups in total. The van der Waals surface area contributed by atoms with Crippen LogP contribution in [0.5, 0.6) is 0 Å². The lowest BCUT2D eigenvalue weighted by Crippen LogP contribution is -2.29. The molecule has 1 heterocycles. The minimum atomic E-state index is -5.11. The van der Waals surface area contributed by atoms with Crippen molar-refractivity contribution in [1.29, 1.82) is 5.26 Å². The van der Waals surface area contributed by atoms with Gasteiger partial charge in [0.1, 0.15) is 23.3 Å². The Hall–Kier alpha value is -4.11. The van der Waals surface area contributed by atoms with Gasteiger partial charge in [0.25, 0.3) is 5.56 Å². The molecule has 206 valence electrons. The van der Waals surface area contributed by atoms with Crippen molar-refractivity contribution in [2.24, 2.45) is 0 Å². The third-order valence-electron chi connectivity index (χ3n) is 6.06. The second kappa shape index (κ2) is 10.8. The van der Waals surface area contributed by atoms with E-state index in [-0.39, 0.29) is 32.8 Å². The van der Waals surface area contributed by atoms with E-state index in [9.17, 15) is 45.2 Å². The lowest BCUT2D eigenvalue weighted by Gasteiger charge is -2.19. The molecule has 0 spiro atoms. The van der Waals surface area contributed by atoms with Crippen LogP contribution in [0.1, 0.15) is 22.3 Å². The Morgan fingerprint density at radius 1 is 0.825 bits per heavy atom. The van der Waals surface area contributed by atoms with Gasteiger partial charge in [0.2, 0.25) is 0 Å². The van der Waals surface area contributed by atoms with Gasteiger partial charge in [-0.15, -0.1) is 11.8 Å². The molecule has 0 radical (unpaired) electrons. The monoisotopic (exact) mass is 580 g/mol. The van der Waals surface area contributed by atoms with Crippen LogP contribution in [-0.4, -0.2) is 10.8 Å². The lowest BCUT2D eigenvalue weighted by molar-refractivity contribution is -0.140. The number of nitrogens with zero attached hydrogens (tertiary/aromatic N) is 2. The summed E-state index contributed by atoms with van der Waals surface area (Å²) < 4.78 is 111. The van der Waals surface area contributed by atoms with Gasteiger partial charge in [-0.2, -0.15) is 31.6 Å². The minimum Gasteiger partial charge on any atom is -0.303 e. The number of thioether (sulfide) groups is 1. The van der Waals surface area contributed by atoms with E-state index in [0.717, 1.165) is 34.5 Å². The summed E-state index contributed by atoms with van der Waals surface area (Å²) in [6.45, 7) is -0.655. The molecule has 4 aromatic rings. The van der Waals surface area contributed by atoms with Crippen molar-refractivity contribution < 1.29 is 35.1 Å². The van der Waals surface area contributed by atoms with Gasteiger partial charge in [-0.25, -0.2) is 8.78 Å². The van der Waals surface area contributed by atoms with E-state index in [4.69, 9.17) is 0 Å². The average Bonchev–Trinajstić information content (AvgIpc) is 2.89. The molecule has 3 aromatic carbocycles. The molecule has 0 saturated heterocycles. The fourth-order valence-corrected chi connectivity index (χ4v) is 4.76. The number of halogens is 8. The molecule has 0 amide bonds. The molecular weight excluding hydrogens is 564 g/mol. The van der Waals surface area contributed by atoms with Crippen LogP contribution in [0.4, 0.5) is 35.1 Å². The Kier molecular flexibility index (Phi) is 7.81. The first-order chi connectivity index (χ1) is 18.7. The molecular formula is C28H16F8N2OS. The maximum atomic E-state index is 14.4. The fraction of sp³-hybridized carbons (Fsp3) is 0.143. The Morgan fingerprint density at radius 3 is 2.08 bits per heavy atom. The third-order valence-corrected chi connectivity index (χ3v) is 6.85. The van der Waals surface area contributed by atoms with Crippen LogP contribution in [0.15, 0.2) is 76.4 Å². The van der Waals surface area contributed by atoms with E-state index >= 15 is 0 Å². The summed E-state index contributed by atoms with van der Waals surface area (Å²) in [7, 11) is 0. The number of benzene rings is 3. The van der Waals surface area contributed by atoms with Crippen LogP contribution < -0.4 is 5.56 Å². The fourth-order valence-electron chi connectivity index (χ4n) is 4.16. The zero-order chi connectivity index (χ0) is 29.4. The van der Waals surface area contributed by atoms with E-state index in [2.05, 4.69) is 0 Å². The Balaban J connectivity index is 1.96. The van der Waals surface area contributed by atoms with E-state index in [0.29, 0.717) is 12.1 Å². The molecule has 4 rings (SSSR count). The van der Waals surface area contributed by atoms with Crippen molar-refractivity contribution in [3.63, 3.8) is 0 Å². The highest BCUT2D eigenvalue weighted by Gasteiger charge is 2.37. The van der Waals surface area contributed by atoms with Crippen LogP contribution in [0.2, 0.25) is 0 Å². The highest BCUT2D eigenvalue weighted by Crippen LogP contribution is 2.39. The predicted molar refractivity (Wildman–Crippen MR) is 134 cm³/mol. The average molecular weight is 581 g/mol. The van der Waals surface area contributed by atoms with Gasteiger partial charge in [-0.05, 0) is 53.3 Å². The standard InChI is InChI=1S/C28H16F8N2OS/c1-40-25-8-6-16(10-22(25)28(34,35)36)15-3-2-4-17(9-15)24-12-21(27(31,32)33)20(13-37)26(39)38(24)14-18-5-7-19(29)11-23(18)30/h2-12H,14H2,1H3. The van der Waals surface area contributed by atoms with Crippen molar-refractivity contribution in [3.8, 4) is 28.5 Å². The van der Waals surface area contributed by atoms with Gasteiger partial charge in [0, 0.05) is 16.5 Å². The largest absolute Gasteiger partial charge is 0.417 e. The molecule has 40 heavy (non-hydrogen) atoms. The van der Waals surface area contributed by atoms with E-state index in [1.54, 1.807) is 0 Å². The zero-order valence-electron chi connectivity index (χ0n) is 20.3. The summed E-state index contributed by atoms with van der Waals surface area (Å²) >= 11 is 0.895. The summed E-state index contributed by atoms with van der Waals surface area (Å²) in [6, 6.07) is 13.3. The molecule has 0 aliphatic heterocycles. The predicted octanol–water partition coefficient (Wildman–Crippen LogP) is 8.14. The van der Waals surface area contributed by atoms with Crippen molar-refractivity contribution in [3.05, 3.63) is 111 Å². The first kappa shape index (κ1) is 28.9. The number of aromatic nitrogens is 1. The maximum absolute atomic E-state index is 14.4. The molecule has 0 aliphatic carbocycles. The molecule has 0 bridgehead atoms. The van der Waals surface area contributed by atoms with Crippen LogP contribution >= 0.6 is 11.8 Å². The molecule has 1 aromatic heterocycles. The number of hydrogen-bond donors (Lipinski definition) is 0.